The lowest BCUT2D eigenvalue weighted by Crippen LogP contribution is -2.40. The number of aromatic hydroxyl groups is 1. The summed E-state index contributed by atoms with van der Waals surface area (Å²) in [6.07, 6.45) is 2.61. The van der Waals surface area contributed by atoms with Gasteiger partial charge in [-0.2, -0.15) is 0 Å². The molecular formula is C14H19Br2NO. The number of benzene rings is 1. The first-order valence-corrected chi connectivity index (χ1v) is 7.97. The Hall–Kier alpha value is -0.0600. The Morgan fingerprint density at radius 2 is 1.83 bits per heavy atom. The second-order valence-electron chi connectivity index (χ2n) is 5.37. The van der Waals surface area contributed by atoms with Gasteiger partial charge in [-0.1, -0.05) is 6.92 Å². The molecule has 4 heteroatoms. The van der Waals surface area contributed by atoms with Gasteiger partial charge in [0.1, 0.15) is 5.75 Å². The fraction of sp³-hybridized carbons (Fsp3) is 0.571. The molecule has 0 spiro atoms. The van der Waals surface area contributed by atoms with Crippen molar-refractivity contribution in [3.8, 4) is 5.75 Å². The number of hydrogen-bond donors (Lipinski definition) is 1. The Balaban J connectivity index is 2.13. The zero-order valence-corrected chi connectivity index (χ0v) is 14.0. The molecule has 0 aliphatic carbocycles. The second-order valence-corrected chi connectivity index (χ2v) is 7.08. The number of rotatable bonds is 2. The molecule has 1 fully saturated rings. The summed E-state index contributed by atoms with van der Waals surface area (Å²) >= 11 is 6.78. The van der Waals surface area contributed by atoms with Crippen molar-refractivity contribution >= 4 is 31.9 Å². The molecule has 0 bridgehead atoms. The van der Waals surface area contributed by atoms with Crippen molar-refractivity contribution in [2.24, 2.45) is 5.92 Å². The molecule has 2 nitrogen and oxygen atoms in total. The van der Waals surface area contributed by atoms with Crippen LogP contribution in [0.25, 0.3) is 0 Å². The van der Waals surface area contributed by atoms with Gasteiger partial charge in [-0.25, -0.2) is 0 Å². The summed E-state index contributed by atoms with van der Waals surface area (Å²) in [7, 11) is 0. The minimum Gasteiger partial charge on any atom is -0.506 e. The first-order valence-electron chi connectivity index (χ1n) is 6.38. The lowest BCUT2D eigenvalue weighted by molar-refractivity contribution is 0.117. The summed E-state index contributed by atoms with van der Waals surface area (Å²) in [4.78, 5) is 2.53. The summed E-state index contributed by atoms with van der Waals surface area (Å²) in [6.45, 7) is 6.73. The molecule has 1 aromatic rings. The van der Waals surface area contributed by atoms with Crippen molar-refractivity contribution in [3.05, 3.63) is 26.6 Å². The molecule has 1 aromatic carbocycles. The summed E-state index contributed by atoms with van der Waals surface area (Å²) in [5.41, 5.74) is 1.23. The SMILES string of the molecule is CC1CCC(C)N(Cc2cc(Br)c(O)c(Br)c2)C1. The average molecular weight is 377 g/mol. The Labute approximate surface area is 126 Å². The highest BCUT2D eigenvalue weighted by Gasteiger charge is 2.23. The van der Waals surface area contributed by atoms with E-state index in [2.05, 4.69) is 50.6 Å². The summed E-state index contributed by atoms with van der Waals surface area (Å²) in [5.74, 6) is 1.06. The predicted molar refractivity (Wildman–Crippen MR) is 81.8 cm³/mol. The minimum atomic E-state index is 0.277. The quantitative estimate of drug-likeness (QED) is 0.819. The fourth-order valence-electron chi connectivity index (χ4n) is 2.54. The van der Waals surface area contributed by atoms with E-state index in [0.29, 0.717) is 6.04 Å². The lowest BCUT2D eigenvalue weighted by Gasteiger charge is -2.36. The average Bonchev–Trinajstić information content (AvgIpc) is 2.31. The predicted octanol–water partition coefficient (Wildman–Crippen LogP) is 4.54. The van der Waals surface area contributed by atoms with E-state index in [1.807, 2.05) is 12.1 Å². The van der Waals surface area contributed by atoms with Crippen molar-refractivity contribution in [1.82, 2.24) is 4.90 Å². The monoisotopic (exact) mass is 375 g/mol. The third-order valence-electron chi connectivity index (χ3n) is 3.71. The normalized spacial score (nSPS) is 25.3. The third-order valence-corrected chi connectivity index (χ3v) is 4.92. The van der Waals surface area contributed by atoms with E-state index in [-0.39, 0.29) is 5.75 Å². The van der Waals surface area contributed by atoms with E-state index in [4.69, 9.17) is 0 Å². The highest BCUT2D eigenvalue weighted by molar-refractivity contribution is 9.11. The van der Waals surface area contributed by atoms with Crippen molar-refractivity contribution in [3.63, 3.8) is 0 Å². The van der Waals surface area contributed by atoms with Gasteiger partial charge in [0, 0.05) is 19.1 Å². The van der Waals surface area contributed by atoms with Gasteiger partial charge in [0.05, 0.1) is 8.95 Å². The first kappa shape index (κ1) is 14.4. The number of likely N-dealkylation sites (tertiary alicyclic amines) is 1. The molecule has 0 aromatic heterocycles. The van der Waals surface area contributed by atoms with E-state index in [1.165, 1.54) is 18.4 Å². The summed E-state index contributed by atoms with van der Waals surface area (Å²) in [6, 6.07) is 4.66. The molecule has 1 saturated heterocycles. The fourth-order valence-corrected chi connectivity index (χ4v) is 3.83. The van der Waals surface area contributed by atoms with Gasteiger partial charge in [0.2, 0.25) is 0 Å². The zero-order chi connectivity index (χ0) is 13.3. The van der Waals surface area contributed by atoms with Crippen molar-refractivity contribution in [1.29, 1.82) is 0 Å². The number of nitrogens with zero attached hydrogens (tertiary/aromatic N) is 1. The maximum absolute atomic E-state index is 9.72. The summed E-state index contributed by atoms with van der Waals surface area (Å²) in [5, 5.41) is 9.72. The number of phenols is 1. The molecule has 1 aliphatic heterocycles. The van der Waals surface area contributed by atoms with Crippen LogP contribution in [0.1, 0.15) is 32.3 Å². The molecule has 2 unspecified atom stereocenters. The Morgan fingerprint density at radius 1 is 1.22 bits per heavy atom. The van der Waals surface area contributed by atoms with Gasteiger partial charge in [0.25, 0.3) is 0 Å². The van der Waals surface area contributed by atoms with Crippen LogP contribution >= 0.6 is 31.9 Å². The molecule has 100 valence electrons. The molecular weight excluding hydrogens is 358 g/mol. The lowest BCUT2D eigenvalue weighted by atomic mass is 9.94. The molecule has 0 amide bonds. The maximum Gasteiger partial charge on any atom is 0.143 e. The number of hydrogen-bond acceptors (Lipinski definition) is 2. The largest absolute Gasteiger partial charge is 0.506 e. The molecule has 2 rings (SSSR count). The van der Waals surface area contributed by atoms with Crippen LogP contribution in [0.3, 0.4) is 0 Å². The zero-order valence-electron chi connectivity index (χ0n) is 10.8. The third kappa shape index (κ3) is 3.28. The van der Waals surface area contributed by atoms with Gasteiger partial charge >= 0.3 is 0 Å². The van der Waals surface area contributed by atoms with E-state index < -0.39 is 0 Å². The van der Waals surface area contributed by atoms with E-state index in [9.17, 15) is 5.11 Å². The standard InChI is InChI=1S/C14H19Br2NO/c1-9-3-4-10(2)17(7-9)8-11-5-12(15)14(18)13(16)6-11/h5-6,9-10,18H,3-4,7-8H2,1-2H3. The topological polar surface area (TPSA) is 23.5 Å². The van der Waals surface area contributed by atoms with Gasteiger partial charge in [-0.05, 0) is 75.2 Å². The van der Waals surface area contributed by atoms with Crippen molar-refractivity contribution in [2.45, 2.75) is 39.3 Å². The van der Waals surface area contributed by atoms with Crippen LogP contribution in [0, 0.1) is 5.92 Å². The van der Waals surface area contributed by atoms with Crippen LogP contribution in [0.4, 0.5) is 0 Å². The molecule has 1 N–H and O–H groups in total. The van der Waals surface area contributed by atoms with Crippen LogP contribution in [-0.2, 0) is 6.54 Å². The Bertz CT molecular complexity index is 413. The molecule has 0 radical (unpaired) electrons. The first-order chi connectivity index (χ1) is 8.47. The van der Waals surface area contributed by atoms with Crippen LogP contribution in [0.5, 0.6) is 5.75 Å². The van der Waals surface area contributed by atoms with Crippen LogP contribution in [-0.4, -0.2) is 22.6 Å². The number of phenolic OH excluding ortho intramolecular Hbond substituents is 1. The van der Waals surface area contributed by atoms with Gasteiger partial charge in [0.15, 0.2) is 0 Å². The molecule has 1 heterocycles. The van der Waals surface area contributed by atoms with Crippen molar-refractivity contribution in [2.75, 3.05) is 6.54 Å². The van der Waals surface area contributed by atoms with Gasteiger partial charge in [-0.15, -0.1) is 0 Å². The second kappa shape index (κ2) is 5.93. The number of halogens is 2. The van der Waals surface area contributed by atoms with Crippen LogP contribution in [0.2, 0.25) is 0 Å². The smallest absolute Gasteiger partial charge is 0.143 e. The minimum absolute atomic E-state index is 0.277. The Morgan fingerprint density at radius 3 is 2.44 bits per heavy atom. The number of piperidine rings is 1. The molecule has 0 saturated carbocycles. The maximum atomic E-state index is 9.72. The molecule has 2 atom stereocenters. The van der Waals surface area contributed by atoms with Crippen molar-refractivity contribution < 1.29 is 5.11 Å². The van der Waals surface area contributed by atoms with E-state index in [0.717, 1.165) is 28.0 Å². The van der Waals surface area contributed by atoms with E-state index in [1.54, 1.807) is 0 Å². The van der Waals surface area contributed by atoms with Gasteiger partial charge in [-0.3, -0.25) is 4.90 Å². The Kier molecular flexibility index (Phi) is 4.73. The summed E-state index contributed by atoms with van der Waals surface area (Å²) < 4.78 is 1.51. The van der Waals surface area contributed by atoms with Gasteiger partial charge < -0.3 is 5.11 Å². The molecule has 1 aliphatic rings. The molecule has 18 heavy (non-hydrogen) atoms. The highest BCUT2D eigenvalue weighted by atomic mass is 79.9. The van der Waals surface area contributed by atoms with E-state index >= 15 is 0 Å². The highest BCUT2D eigenvalue weighted by Crippen LogP contribution is 2.34. The van der Waals surface area contributed by atoms with Crippen LogP contribution < -0.4 is 0 Å². The van der Waals surface area contributed by atoms with Crippen LogP contribution in [0.15, 0.2) is 21.1 Å².